The van der Waals surface area contributed by atoms with Crippen LogP contribution >= 0.6 is 23.2 Å². The highest BCUT2D eigenvalue weighted by atomic mass is 35.5. The summed E-state index contributed by atoms with van der Waals surface area (Å²) in [5.74, 6) is 0.696. The molecule has 2 amide bonds. The summed E-state index contributed by atoms with van der Waals surface area (Å²) >= 11 is 12.2. The van der Waals surface area contributed by atoms with E-state index in [1.165, 1.54) is 4.90 Å². The van der Waals surface area contributed by atoms with Gasteiger partial charge in [-0.2, -0.15) is 0 Å². The number of hydrogen-bond donors (Lipinski definition) is 2. The summed E-state index contributed by atoms with van der Waals surface area (Å²) in [5.41, 5.74) is 0.970. The molecule has 0 saturated carbocycles. The number of rotatable bonds is 4. The van der Waals surface area contributed by atoms with E-state index in [2.05, 4.69) is 10.6 Å². The third-order valence-corrected chi connectivity index (χ3v) is 3.76. The van der Waals surface area contributed by atoms with E-state index in [0.717, 1.165) is 12.0 Å². The van der Waals surface area contributed by atoms with Crippen LogP contribution in [0, 0.1) is 0 Å². The Labute approximate surface area is 134 Å². The van der Waals surface area contributed by atoms with E-state index < -0.39 is 0 Å². The fraction of sp³-hybridized carbons (Fsp3) is 0.500. The molecular formula is C14H19Cl2N3O2. The van der Waals surface area contributed by atoms with Crippen LogP contribution in [0.15, 0.2) is 12.1 Å². The minimum Gasteiger partial charge on any atom is -0.492 e. The molecule has 1 aromatic rings. The second-order valence-electron chi connectivity index (χ2n) is 5.08. The van der Waals surface area contributed by atoms with E-state index in [1.807, 2.05) is 6.07 Å². The van der Waals surface area contributed by atoms with Crippen LogP contribution in [0.3, 0.4) is 0 Å². The van der Waals surface area contributed by atoms with Crippen LogP contribution in [0.2, 0.25) is 10.0 Å². The number of ether oxygens (including phenoxy) is 1. The van der Waals surface area contributed by atoms with Gasteiger partial charge < -0.3 is 20.3 Å². The fourth-order valence-electron chi connectivity index (χ4n) is 2.21. The average molecular weight is 332 g/mol. The van der Waals surface area contributed by atoms with Crippen molar-refractivity contribution < 1.29 is 9.53 Å². The lowest BCUT2D eigenvalue weighted by Crippen LogP contribution is -2.39. The number of carbonyl (C=O) groups excluding carboxylic acids is 1. The van der Waals surface area contributed by atoms with Crippen molar-refractivity contribution in [1.29, 1.82) is 0 Å². The summed E-state index contributed by atoms with van der Waals surface area (Å²) in [7, 11) is 3.42. The summed E-state index contributed by atoms with van der Waals surface area (Å²) in [6.07, 6.45) is 0.839. The van der Waals surface area contributed by atoms with E-state index in [0.29, 0.717) is 35.5 Å². The molecule has 21 heavy (non-hydrogen) atoms. The maximum atomic E-state index is 11.4. The van der Waals surface area contributed by atoms with Crippen molar-refractivity contribution in [2.45, 2.75) is 12.5 Å². The molecule has 116 valence electrons. The Morgan fingerprint density at radius 1 is 1.38 bits per heavy atom. The molecule has 2 N–H and O–H groups in total. The van der Waals surface area contributed by atoms with Crippen LogP contribution < -0.4 is 15.4 Å². The lowest BCUT2D eigenvalue weighted by Gasteiger charge is -2.28. The molecule has 1 aliphatic heterocycles. The van der Waals surface area contributed by atoms with Gasteiger partial charge in [-0.15, -0.1) is 0 Å². The van der Waals surface area contributed by atoms with Crippen molar-refractivity contribution in [2.24, 2.45) is 0 Å². The van der Waals surface area contributed by atoms with Crippen LogP contribution in [0.4, 0.5) is 4.79 Å². The molecule has 0 saturated heterocycles. The Kier molecular flexibility index (Phi) is 5.56. The summed E-state index contributed by atoms with van der Waals surface area (Å²) in [5, 5.41) is 7.33. The molecule has 0 aromatic heterocycles. The number of carbonyl (C=O) groups is 1. The number of hydrogen-bond acceptors (Lipinski definition) is 3. The molecule has 1 aliphatic rings. The van der Waals surface area contributed by atoms with Crippen LogP contribution in [0.1, 0.15) is 18.0 Å². The van der Waals surface area contributed by atoms with Crippen LogP contribution in [0.5, 0.6) is 5.75 Å². The first kappa shape index (κ1) is 16.2. The van der Waals surface area contributed by atoms with Gasteiger partial charge >= 0.3 is 6.03 Å². The molecule has 1 atom stereocenters. The zero-order valence-electron chi connectivity index (χ0n) is 12.1. The van der Waals surface area contributed by atoms with Crippen LogP contribution in [-0.4, -0.2) is 44.7 Å². The molecule has 1 aromatic carbocycles. The minimum absolute atomic E-state index is 0.102. The first-order valence-corrected chi connectivity index (χ1v) is 7.55. The lowest BCUT2D eigenvalue weighted by atomic mass is 10.0. The number of fused-ring (bicyclic) bond motifs is 1. The van der Waals surface area contributed by atoms with Gasteiger partial charge in [0.25, 0.3) is 0 Å². The number of benzene rings is 1. The highest BCUT2D eigenvalue weighted by molar-refractivity contribution is 6.35. The second-order valence-corrected chi connectivity index (χ2v) is 5.92. The van der Waals surface area contributed by atoms with Gasteiger partial charge in [0, 0.05) is 50.2 Å². The van der Waals surface area contributed by atoms with Gasteiger partial charge in [-0.1, -0.05) is 23.2 Å². The number of amides is 2. The summed E-state index contributed by atoms with van der Waals surface area (Å²) < 4.78 is 5.61. The van der Waals surface area contributed by atoms with Crippen LogP contribution in [-0.2, 0) is 0 Å². The number of nitrogens with one attached hydrogen (secondary N) is 2. The standard InChI is InChI=1S/C14H19Cl2N3O2/c1-19(2)14(20)18-5-4-17-12-3-6-21-13-10(12)7-9(15)8-11(13)16/h7-8,12,17H,3-6H2,1-2H3,(H,18,20). The molecule has 2 rings (SSSR count). The predicted molar refractivity (Wildman–Crippen MR) is 84.4 cm³/mol. The second kappa shape index (κ2) is 7.20. The molecule has 0 radical (unpaired) electrons. The molecule has 0 aliphatic carbocycles. The summed E-state index contributed by atoms with van der Waals surface area (Å²) in [6.45, 7) is 1.82. The number of nitrogens with zero attached hydrogens (tertiary/aromatic N) is 1. The molecule has 5 nitrogen and oxygen atoms in total. The van der Waals surface area contributed by atoms with Crippen LogP contribution in [0.25, 0.3) is 0 Å². The normalized spacial score (nSPS) is 16.9. The fourth-order valence-corrected chi connectivity index (χ4v) is 2.78. The van der Waals surface area contributed by atoms with Gasteiger partial charge in [0.05, 0.1) is 11.6 Å². The van der Waals surface area contributed by atoms with Gasteiger partial charge in [0.1, 0.15) is 5.75 Å². The zero-order chi connectivity index (χ0) is 15.4. The van der Waals surface area contributed by atoms with Crippen molar-refractivity contribution >= 4 is 29.2 Å². The van der Waals surface area contributed by atoms with Crippen molar-refractivity contribution in [3.05, 3.63) is 27.7 Å². The van der Waals surface area contributed by atoms with E-state index in [1.54, 1.807) is 20.2 Å². The largest absolute Gasteiger partial charge is 0.492 e. The summed E-state index contributed by atoms with van der Waals surface area (Å²) in [4.78, 5) is 12.9. The average Bonchev–Trinajstić information content (AvgIpc) is 2.43. The van der Waals surface area contributed by atoms with Crippen molar-refractivity contribution in [1.82, 2.24) is 15.5 Å². The predicted octanol–water partition coefficient (Wildman–Crippen LogP) is 2.68. The van der Waals surface area contributed by atoms with Gasteiger partial charge in [-0.05, 0) is 12.1 Å². The van der Waals surface area contributed by atoms with Gasteiger partial charge in [0.15, 0.2) is 0 Å². The quantitative estimate of drug-likeness (QED) is 0.834. The van der Waals surface area contributed by atoms with E-state index in [4.69, 9.17) is 27.9 Å². The Morgan fingerprint density at radius 2 is 2.14 bits per heavy atom. The van der Waals surface area contributed by atoms with Gasteiger partial charge in [0.2, 0.25) is 0 Å². The molecule has 0 fully saturated rings. The van der Waals surface area contributed by atoms with Crippen molar-refractivity contribution in [3.8, 4) is 5.75 Å². The van der Waals surface area contributed by atoms with Gasteiger partial charge in [-0.25, -0.2) is 4.79 Å². The molecular weight excluding hydrogens is 313 g/mol. The molecule has 1 heterocycles. The molecule has 1 unspecified atom stereocenters. The Hall–Kier alpha value is -1.17. The smallest absolute Gasteiger partial charge is 0.316 e. The number of urea groups is 1. The highest BCUT2D eigenvalue weighted by Crippen LogP contribution is 2.39. The Bertz CT molecular complexity index is 523. The third-order valence-electron chi connectivity index (χ3n) is 3.26. The number of halogens is 2. The molecule has 0 bridgehead atoms. The van der Waals surface area contributed by atoms with Gasteiger partial charge in [-0.3, -0.25) is 0 Å². The van der Waals surface area contributed by atoms with E-state index in [9.17, 15) is 4.79 Å². The molecule has 7 heteroatoms. The third kappa shape index (κ3) is 4.15. The highest BCUT2D eigenvalue weighted by Gasteiger charge is 2.23. The monoisotopic (exact) mass is 331 g/mol. The SMILES string of the molecule is CN(C)C(=O)NCCNC1CCOc2c(Cl)cc(Cl)cc21. The van der Waals surface area contributed by atoms with Crippen molar-refractivity contribution in [3.63, 3.8) is 0 Å². The zero-order valence-corrected chi connectivity index (χ0v) is 13.6. The molecule has 0 spiro atoms. The maximum absolute atomic E-state index is 11.4. The van der Waals surface area contributed by atoms with E-state index >= 15 is 0 Å². The summed E-state index contributed by atoms with van der Waals surface area (Å²) in [6, 6.07) is 3.58. The maximum Gasteiger partial charge on any atom is 0.316 e. The van der Waals surface area contributed by atoms with Crippen molar-refractivity contribution in [2.75, 3.05) is 33.8 Å². The first-order chi connectivity index (χ1) is 9.99. The van der Waals surface area contributed by atoms with E-state index in [-0.39, 0.29) is 12.1 Å². The minimum atomic E-state index is -0.102. The Morgan fingerprint density at radius 3 is 2.86 bits per heavy atom. The lowest BCUT2D eigenvalue weighted by molar-refractivity contribution is 0.216. The first-order valence-electron chi connectivity index (χ1n) is 6.79. The topological polar surface area (TPSA) is 53.6 Å². The Balaban J connectivity index is 1.93.